The summed E-state index contributed by atoms with van der Waals surface area (Å²) in [5.41, 5.74) is 4.20. The first kappa shape index (κ1) is 29.2. The largest absolute Gasteiger partial charge is 0.469 e. The Morgan fingerprint density at radius 1 is 1.12 bits per heavy atom. The molecule has 206 valence electrons. The zero-order valence-electron chi connectivity index (χ0n) is 21.6. The number of methoxy groups -OCH3 is 1. The second kappa shape index (κ2) is 14.0. The number of esters is 1. The number of nitrogens with one attached hydrogen (secondary N) is 1. The lowest BCUT2D eigenvalue weighted by atomic mass is 10.0. The third-order valence-electron chi connectivity index (χ3n) is 5.89. The zero-order valence-corrected chi connectivity index (χ0v) is 24.0. The summed E-state index contributed by atoms with van der Waals surface area (Å²) < 4.78 is 6.22. The molecule has 0 unspecified atom stereocenters. The first-order valence-corrected chi connectivity index (χ1v) is 14.2. The summed E-state index contributed by atoms with van der Waals surface area (Å²) in [6.45, 7) is 0. The Kier molecular flexibility index (Phi) is 10.2. The maximum Gasteiger partial charge on any atom is 0.309 e. The summed E-state index contributed by atoms with van der Waals surface area (Å²) in [6, 6.07) is 14.0. The molecule has 0 aliphatic heterocycles. The highest BCUT2D eigenvalue weighted by Crippen LogP contribution is 2.29. The van der Waals surface area contributed by atoms with Crippen molar-refractivity contribution in [2.75, 3.05) is 19.1 Å². The van der Waals surface area contributed by atoms with Crippen molar-refractivity contribution < 1.29 is 14.3 Å². The average molecular weight is 599 g/mol. The highest BCUT2D eigenvalue weighted by molar-refractivity contribution is 7.98. The molecule has 0 bridgehead atoms. The number of tetrazole rings is 1. The van der Waals surface area contributed by atoms with Crippen LogP contribution in [0, 0.1) is 0 Å². The number of rotatable bonds is 11. The molecule has 0 radical (unpaired) electrons. The molecule has 13 heteroatoms. The molecule has 0 saturated heterocycles. The summed E-state index contributed by atoms with van der Waals surface area (Å²) in [6.07, 6.45) is 7.33. The molecular formula is C27H25Cl2N7O3S. The average Bonchev–Trinajstić information content (AvgIpc) is 3.50. The van der Waals surface area contributed by atoms with Crippen molar-refractivity contribution in [1.82, 2.24) is 35.7 Å². The normalized spacial score (nSPS) is 11.9. The minimum Gasteiger partial charge on any atom is -0.469 e. The number of thioether (sulfide) groups is 1. The van der Waals surface area contributed by atoms with Crippen LogP contribution in [0.2, 0.25) is 10.2 Å². The fourth-order valence-corrected chi connectivity index (χ4v) is 4.71. The Balaban J connectivity index is 1.55. The van der Waals surface area contributed by atoms with Gasteiger partial charge in [-0.15, -0.1) is 10.2 Å². The fourth-order valence-electron chi connectivity index (χ4n) is 3.86. The van der Waals surface area contributed by atoms with E-state index in [1.54, 1.807) is 36.0 Å². The lowest BCUT2D eigenvalue weighted by molar-refractivity contribution is -0.139. The molecule has 2 heterocycles. The maximum atomic E-state index is 13.0. The number of carbonyl (C=O) groups excluding carboxylic acids is 2. The molecule has 0 aliphatic carbocycles. The molecule has 1 N–H and O–H groups in total. The van der Waals surface area contributed by atoms with E-state index < -0.39 is 6.04 Å². The summed E-state index contributed by atoms with van der Waals surface area (Å²) in [5.74, 6) is 0.148. The van der Waals surface area contributed by atoms with Crippen LogP contribution in [0.15, 0.2) is 60.9 Å². The van der Waals surface area contributed by atoms with Crippen LogP contribution < -0.4 is 5.32 Å². The summed E-state index contributed by atoms with van der Waals surface area (Å²) in [4.78, 5) is 24.6. The molecule has 2 aromatic carbocycles. The first-order valence-electron chi connectivity index (χ1n) is 12.1. The Bertz CT molecular complexity index is 1500. The Morgan fingerprint density at radius 2 is 1.93 bits per heavy atom. The van der Waals surface area contributed by atoms with Crippen molar-refractivity contribution in [2.45, 2.75) is 18.9 Å². The number of hydrogen-bond donors (Lipinski definition) is 1. The zero-order chi connectivity index (χ0) is 28.5. The van der Waals surface area contributed by atoms with Gasteiger partial charge in [0.05, 0.1) is 31.0 Å². The number of carbonyl (C=O) groups is 2. The molecule has 10 nitrogen and oxygen atoms in total. The van der Waals surface area contributed by atoms with E-state index in [-0.39, 0.29) is 23.5 Å². The highest BCUT2D eigenvalue weighted by atomic mass is 35.5. The quantitative estimate of drug-likeness (QED) is 0.192. The highest BCUT2D eigenvalue weighted by Gasteiger charge is 2.18. The van der Waals surface area contributed by atoms with Crippen LogP contribution in [0.3, 0.4) is 0 Å². The van der Waals surface area contributed by atoms with Crippen molar-refractivity contribution in [3.05, 3.63) is 87.9 Å². The van der Waals surface area contributed by atoms with Gasteiger partial charge in [-0.1, -0.05) is 47.5 Å². The van der Waals surface area contributed by atoms with Crippen LogP contribution >= 0.6 is 35.0 Å². The van der Waals surface area contributed by atoms with Gasteiger partial charge < -0.3 is 10.1 Å². The maximum absolute atomic E-state index is 13.0. The predicted octanol–water partition coefficient (Wildman–Crippen LogP) is 4.77. The van der Waals surface area contributed by atoms with Gasteiger partial charge in [0.25, 0.3) is 0 Å². The van der Waals surface area contributed by atoms with E-state index in [4.69, 9.17) is 27.9 Å². The van der Waals surface area contributed by atoms with Crippen molar-refractivity contribution >= 4 is 52.9 Å². The number of ether oxygens (including phenoxy) is 1. The van der Waals surface area contributed by atoms with Gasteiger partial charge in [0, 0.05) is 22.2 Å². The van der Waals surface area contributed by atoms with Gasteiger partial charge in [0.1, 0.15) is 6.33 Å². The van der Waals surface area contributed by atoms with Gasteiger partial charge in [0.15, 0.2) is 5.15 Å². The third-order valence-corrected chi connectivity index (χ3v) is 7.05. The predicted molar refractivity (Wildman–Crippen MR) is 155 cm³/mol. The number of nitrogens with zero attached hydrogens (tertiary/aromatic N) is 6. The molecular weight excluding hydrogens is 573 g/mol. The monoisotopic (exact) mass is 597 g/mol. The lowest BCUT2D eigenvalue weighted by Crippen LogP contribution is -2.28. The third kappa shape index (κ3) is 7.65. The summed E-state index contributed by atoms with van der Waals surface area (Å²) in [7, 11) is 1.36. The molecule has 4 aromatic rings. The number of aromatic nitrogens is 6. The Morgan fingerprint density at radius 3 is 2.62 bits per heavy atom. The summed E-state index contributed by atoms with van der Waals surface area (Å²) in [5, 5.41) is 23.4. The van der Waals surface area contributed by atoms with Gasteiger partial charge >= 0.3 is 5.97 Å². The van der Waals surface area contributed by atoms with Crippen LogP contribution in [0.25, 0.3) is 22.9 Å². The number of hydrogen-bond acceptors (Lipinski definition) is 9. The molecule has 4 rings (SSSR count). The standard InChI is InChI=1S/C27H25Cl2N7O3S/c1-39-26(38)13-17-3-5-18(6-4-17)21-15-23(32-33-27(21)29)22(11-12-40-2)31-25(37)10-7-19-14-20(28)8-9-24(19)36-16-30-34-35-36/h3-10,14-16,22H,11-13H2,1-2H3,(H,31,37)/b10-7+/t22-/m0/s1. The van der Waals surface area contributed by atoms with E-state index in [9.17, 15) is 9.59 Å². The van der Waals surface area contributed by atoms with E-state index in [0.29, 0.717) is 34.0 Å². The van der Waals surface area contributed by atoms with E-state index in [1.165, 1.54) is 24.2 Å². The van der Waals surface area contributed by atoms with E-state index >= 15 is 0 Å². The van der Waals surface area contributed by atoms with Crippen LogP contribution in [0.4, 0.5) is 0 Å². The molecule has 0 saturated carbocycles. The molecule has 40 heavy (non-hydrogen) atoms. The lowest BCUT2D eigenvalue weighted by Gasteiger charge is -2.18. The van der Waals surface area contributed by atoms with Crippen molar-refractivity contribution in [1.29, 1.82) is 0 Å². The summed E-state index contributed by atoms with van der Waals surface area (Å²) >= 11 is 14.2. The fraction of sp³-hybridized carbons (Fsp3) is 0.222. The van der Waals surface area contributed by atoms with E-state index in [0.717, 1.165) is 16.9 Å². The van der Waals surface area contributed by atoms with E-state index in [2.05, 4.69) is 31.0 Å². The topological polar surface area (TPSA) is 125 Å². The molecule has 0 spiro atoms. The van der Waals surface area contributed by atoms with Crippen molar-refractivity contribution in [3.63, 3.8) is 0 Å². The van der Waals surface area contributed by atoms with Gasteiger partial charge in [0.2, 0.25) is 5.91 Å². The SMILES string of the molecule is COC(=O)Cc1ccc(-c2cc([C@H](CCSC)NC(=O)/C=C/c3cc(Cl)ccc3-n3cnnn3)nnc2Cl)cc1. The molecule has 0 aliphatic rings. The Hall–Kier alpha value is -3.80. The van der Waals surface area contributed by atoms with Crippen LogP contribution in [0.1, 0.15) is 29.3 Å². The van der Waals surface area contributed by atoms with Gasteiger partial charge in [-0.2, -0.15) is 21.5 Å². The van der Waals surface area contributed by atoms with Gasteiger partial charge in [-0.25, -0.2) is 0 Å². The number of halogens is 2. The second-order valence-corrected chi connectivity index (χ2v) is 10.3. The van der Waals surface area contributed by atoms with Crippen LogP contribution in [0.5, 0.6) is 0 Å². The minimum atomic E-state index is -0.412. The van der Waals surface area contributed by atoms with Crippen LogP contribution in [-0.4, -0.2) is 61.4 Å². The van der Waals surface area contributed by atoms with Gasteiger partial charge in [-0.3, -0.25) is 9.59 Å². The smallest absolute Gasteiger partial charge is 0.309 e. The van der Waals surface area contributed by atoms with Gasteiger partial charge in [-0.05, 0) is 70.3 Å². The second-order valence-electron chi connectivity index (χ2n) is 8.56. The van der Waals surface area contributed by atoms with Crippen LogP contribution in [-0.2, 0) is 20.7 Å². The van der Waals surface area contributed by atoms with Crippen molar-refractivity contribution in [2.24, 2.45) is 0 Å². The Labute approximate surface area is 245 Å². The molecule has 2 aromatic heterocycles. The molecule has 1 amide bonds. The minimum absolute atomic E-state index is 0.174. The first-order chi connectivity index (χ1) is 19.4. The number of amides is 1. The molecule has 1 atom stereocenters. The molecule has 0 fully saturated rings. The number of benzene rings is 2. The van der Waals surface area contributed by atoms with Crippen molar-refractivity contribution in [3.8, 4) is 16.8 Å². The van der Waals surface area contributed by atoms with E-state index in [1.807, 2.05) is 36.6 Å².